The number of halogens is 4. The molecule has 0 aliphatic heterocycles. The number of anilines is 1. The van der Waals surface area contributed by atoms with Crippen molar-refractivity contribution in [2.24, 2.45) is 0 Å². The van der Waals surface area contributed by atoms with Gasteiger partial charge in [-0.2, -0.15) is 13.2 Å². The van der Waals surface area contributed by atoms with E-state index in [1.54, 1.807) is 35.8 Å². The molecule has 1 aromatic heterocycles. The molecular weight excluding hydrogens is 381 g/mol. The van der Waals surface area contributed by atoms with Crippen LogP contribution in [-0.4, -0.2) is 16.8 Å². The Morgan fingerprint density at radius 3 is 2.59 bits per heavy atom. The molecule has 3 rings (SSSR count). The molecule has 1 heterocycles. The molecule has 0 aliphatic carbocycles. The molecule has 0 aliphatic rings. The second kappa shape index (κ2) is 7.08. The summed E-state index contributed by atoms with van der Waals surface area (Å²) in [5, 5.41) is 3.11. The van der Waals surface area contributed by atoms with Gasteiger partial charge in [-0.05, 0) is 31.2 Å². The van der Waals surface area contributed by atoms with Crippen LogP contribution in [0.25, 0.3) is 10.9 Å². The quantitative estimate of drug-likeness (QED) is 0.628. The third-order valence-electron chi connectivity index (χ3n) is 4.27. The number of carbonyl (C=O) groups excluding carboxylic acids is 2. The molecule has 0 saturated carbocycles. The number of para-hydroxylation sites is 1. The van der Waals surface area contributed by atoms with Crippen molar-refractivity contribution in [1.29, 1.82) is 0 Å². The molecule has 8 heteroatoms. The second-order valence-corrected chi connectivity index (χ2v) is 6.37. The summed E-state index contributed by atoms with van der Waals surface area (Å²) in [5.41, 5.74) is 0.712. The van der Waals surface area contributed by atoms with Gasteiger partial charge in [0.15, 0.2) is 6.29 Å². The Bertz CT molecular complexity index is 1040. The number of nitrogens with one attached hydrogen (secondary N) is 1. The third-order valence-corrected chi connectivity index (χ3v) is 4.60. The van der Waals surface area contributed by atoms with E-state index in [4.69, 9.17) is 11.6 Å². The van der Waals surface area contributed by atoms with Crippen LogP contribution in [0.3, 0.4) is 0 Å². The Labute approximate surface area is 157 Å². The lowest BCUT2D eigenvalue weighted by atomic mass is 10.1. The van der Waals surface area contributed by atoms with Crippen LogP contribution in [0.5, 0.6) is 0 Å². The molecule has 0 unspecified atom stereocenters. The smallest absolute Gasteiger partial charge is 0.335 e. The van der Waals surface area contributed by atoms with Crippen molar-refractivity contribution in [3.63, 3.8) is 0 Å². The Morgan fingerprint density at radius 1 is 1.22 bits per heavy atom. The van der Waals surface area contributed by atoms with Gasteiger partial charge in [0.1, 0.15) is 6.54 Å². The maximum atomic E-state index is 12.9. The number of hydrogen-bond donors (Lipinski definition) is 1. The average Bonchev–Trinajstić information content (AvgIpc) is 2.87. The SMILES string of the molecule is Cc1c(C=O)c2ccccc2n1CC(=O)Nc1cc(C(F)(F)F)ccc1Cl. The van der Waals surface area contributed by atoms with Crippen LogP contribution >= 0.6 is 11.6 Å². The predicted octanol–water partition coefficient (Wildman–Crippen LogP) is 5.07. The van der Waals surface area contributed by atoms with E-state index in [1.165, 1.54) is 0 Å². The molecule has 27 heavy (non-hydrogen) atoms. The summed E-state index contributed by atoms with van der Waals surface area (Å²) in [6, 6.07) is 9.80. The van der Waals surface area contributed by atoms with Crippen LogP contribution in [0.2, 0.25) is 5.02 Å². The Kier molecular flexibility index (Phi) is 4.97. The minimum Gasteiger partial charge on any atom is -0.335 e. The fourth-order valence-corrected chi connectivity index (χ4v) is 3.11. The highest BCUT2D eigenvalue weighted by molar-refractivity contribution is 6.33. The number of hydrogen-bond acceptors (Lipinski definition) is 2. The molecule has 0 bridgehead atoms. The van der Waals surface area contributed by atoms with Crippen molar-refractivity contribution in [1.82, 2.24) is 4.57 Å². The first-order valence-electron chi connectivity index (χ1n) is 7.92. The first-order valence-corrected chi connectivity index (χ1v) is 8.29. The lowest BCUT2D eigenvalue weighted by molar-refractivity contribution is -0.137. The summed E-state index contributed by atoms with van der Waals surface area (Å²) in [6.07, 6.45) is -3.83. The highest BCUT2D eigenvalue weighted by atomic mass is 35.5. The first-order chi connectivity index (χ1) is 12.7. The van der Waals surface area contributed by atoms with Crippen molar-refractivity contribution in [2.45, 2.75) is 19.6 Å². The standard InChI is InChI=1S/C19H14ClF3N2O2/c1-11-14(10-26)13-4-2-3-5-17(13)25(11)9-18(27)24-16-8-12(19(21,22)23)6-7-15(16)20/h2-8,10H,9H2,1H3,(H,24,27). The molecule has 1 N–H and O–H groups in total. The average molecular weight is 395 g/mol. The van der Waals surface area contributed by atoms with E-state index in [2.05, 4.69) is 5.32 Å². The fraction of sp³-hybridized carbons (Fsp3) is 0.158. The van der Waals surface area contributed by atoms with Gasteiger partial charge in [-0.25, -0.2) is 0 Å². The fourth-order valence-electron chi connectivity index (χ4n) is 2.94. The van der Waals surface area contributed by atoms with Gasteiger partial charge in [-0.1, -0.05) is 29.8 Å². The normalized spacial score (nSPS) is 11.6. The van der Waals surface area contributed by atoms with E-state index in [0.717, 1.165) is 24.5 Å². The van der Waals surface area contributed by atoms with Crippen LogP contribution in [0.15, 0.2) is 42.5 Å². The van der Waals surface area contributed by atoms with Gasteiger partial charge in [0.25, 0.3) is 0 Å². The van der Waals surface area contributed by atoms with Gasteiger partial charge in [-0.15, -0.1) is 0 Å². The van der Waals surface area contributed by atoms with Crippen LogP contribution in [0, 0.1) is 6.92 Å². The largest absolute Gasteiger partial charge is 0.416 e. The lowest BCUT2D eigenvalue weighted by Crippen LogP contribution is -2.20. The van der Waals surface area contributed by atoms with Crippen LogP contribution in [0.4, 0.5) is 18.9 Å². The van der Waals surface area contributed by atoms with Crippen LogP contribution in [0.1, 0.15) is 21.6 Å². The Morgan fingerprint density at radius 2 is 1.93 bits per heavy atom. The number of aromatic nitrogens is 1. The molecule has 0 fully saturated rings. The molecule has 0 atom stereocenters. The molecule has 0 saturated heterocycles. The molecule has 2 aromatic carbocycles. The first kappa shape index (κ1) is 19.0. The summed E-state index contributed by atoms with van der Waals surface area (Å²) in [6.45, 7) is 1.53. The zero-order valence-electron chi connectivity index (χ0n) is 14.1. The minimum atomic E-state index is -4.55. The second-order valence-electron chi connectivity index (χ2n) is 5.96. The van der Waals surface area contributed by atoms with Crippen molar-refractivity contribution < 1.29 is 22.8 Å². The van der Waals surface area contributed by atoms with Gasteiger partial charge in [0.2, 0.25) is 5.91 Å². The van der Waals surface area contributed by atoms with E-state index in [0.29, 0.717) is 22.2 Å². The zero-order valence-corrected chi connectivity index (χ0v) is 14.9. The predicted molar refractivity (Wildman–Crippen MR) is 97.1 cm³/mol. The van der Waals surface area contributed by atoms with Crippen molar-refractivity contribution in [3.8, 4) is 0 Å². The van der Waals surface area contributed by atoms with Crippen molar-refractivity contribution in [2.75, 3.05) is 5.32 Å². The van der Waals surface area contributed by atoms with Gasteiger partial charge in [0, 0.05) is 22.2 Å². The van der Waals surface area contributed by atoms with Crippen molar-refractivity contribution in [3.05, 3.63) is 64.3 Å². The maximum Gasteiger partial charge on any atom is 0.416 e. The molecule has 3 aromatic rings. The number of benzene rings is 2. The number of nitrogens with zero attached hydrogens (tertiary/aromatic N) is 1. The molecular formula is C19H14ClF3N2O2. The minimum absolute atomic E-state index is 0.000910. The zero-order chi connectivity index (χ0) is 19.8. The van der Waals surface area contributed by atoms with E-state index >= 15 is 0 Å². The Hall–Kier alpha value is -2.80. The number of fused-ring (bicyclic) bond motifs is 1. The Balaban J connectivity index is 1.91. The summed E-state index contributed by atoms with van der Waals surface area (Å²) in [5.74, 6) is -0.558. The highest BCUT2D eigenvalue weighted by Gasteiger charge is 2.31. The molecule has 1 amide bonds. The number of carbonyl (C=O) groups is 2. The molecule has 140 valence electrons. The van der Waals surface area contributed by atoms with Crippen LogP contribution < -0.4 is 5.32 Å². The van der Waals surface area contributed by atoms with Gasteiger partial charge in [-0.3, -0.25) is 9.59 Å². The van der Waals surface area contributed by atoms with Gasteiger partial charge >= 0.3 is 6.18 Å². The van der Waals surface area contributed by atoms with Crippen molar-refractivity contribution >= 4 is 40.4 Å². The molecule has 0 spiro atoms. The highest BCUT2D eigenvalue weighted by Crippen LogP contribution is 2.34. The van der Waals surface area contributed by atoms with Crippen LogP contribution in [-0.2, 0) is 17.5 Å². The van der Waals surface area contributed by atoms with Gasteiger partial charge in [0.05, 0.1) is 16.3 Å². The number of rotatable bonds is 4. The summed E-state index contributed by atoms with van der Waals surface area (Å²) >= 11 is 5.91. The molecule has 4 nitrogen and oxygen atoms in total. The van der Waals surface area contributed by atoms with E-state index in [1.807, 2.05) is 0 Å². The van der Waals surface area contributed by atoms with Gasteiger partial charge < -0.3 is 9.88 Å². The van der Waals surface area contributed by atoms with E-state index < -0.39 is 17.6 Å². The maximum absolute atomic E-state index is 12.9. The lowest BCUT2D eigenvalue weighted by Gasteiger charge is -2.13. The number of amides is 1. The monoisotopic (exact) mass is 394 g/mol. The number of aldehydes is 1. The third kappa shape index (κ3) is 3.68. The van der Waals surface area contributed by atoms with E-state index in [9.17, 15) is 22.8 Å². The summed E-state index contributed by atoms with van der Waals surface area (Å²) in [7, 11) is 0. The topological polar surface area (TPSA) is 51.1 Å². The molecule has 0 radical (unpaired) electrons. The summed E-state index contributed by atoms with van der Waals surface area (Å²) in [4.78, 5) is 23.8. The summed E-state index contributed by atoms with van der Waals surface area (Å²) < 4.78 is 40.2. The van der Waals surface area contributed by atoms with E-state index in [-0.39, 0.29) is 17.3 Å². The number of alkyl halides is 3.